The van der Waals surface area contributed by atoms with Crippen LogP contribution in [0.5, 0.6) is 0 Å². The van der Waals surface area contributed by atoms with Crippen LogP contribution in [0.2, 0.25) is 0 Å². The van der Waals surface area contributed by atoms with Gasteiger partial charge in [0.1, 0.15) is 0 Å². The Kier molecular flexibility index (Phi) is 5.41. The maximum Gasteiger partial charge on any atom is 0.0345 e. The molecule has 1 fully saturated rings. The Hall–Kier alpha value is -0.860. The van der Waals surface area contributed by atoms with Gasteiger partial charge in [0.15, 0.2) is 0 Å². The first-order chi connectivity index (χ1) is 9.27. The minimum absolute atomic E-state index is 0.526. The lowest BCUT2D eigenvalue weighted by Crippen LogP contribution is -2.44. The smallest absolute Gasteiger partial charge is 0.0345 e. The minimum Gasteiger partial charge on any atom is -0.330 e. The van der Waals surface area contributed by atoms with Crippen molar-refractivity contribution in [3.05, 3.63) is 35.9 Å². The van der Waals surface area contributed by atoms with E-state index in [9.17, 15) is 0 Å². The lowest BCUT2D eigenvalue weighted by atomic mass is 9.82. The van der Waals surface area contributed by atoms with E-state index in [1.165, 1.54) is 31.2 Å². The highest BCUT2D eigenvalue weighted by molar-refractivity contribution is 5.19. The second-order valence-electron chi connectivity index (χ2n) is 5.85. The summed E-state index contributed by atoms with van der Waals surface area (Å²) in [4.78, 5) is 2.59. The van der Waals surface area contributed by atoms with Crippen LogP contribution in [0.15, 0.2) is 30.3 Å². The number of hydrogen-bond donors (Lipinski definition) is 1. The SMILES string of the molecule is CCC(c1ccccc1)N(C)C1CCCCC1CN. The summed E-state index contributed by atoms with van der Waals surface area (Å²) in [5.41, 5.74) is 7.42. The van der Waals surface area contributed by atoms with Gasteiger partial charge in [0.05, 0.1) is 0 Å². The van der Waals surface area contributed by atoms with E-state index >= 15 is 0 Å². The summed E-state index contributed by atoms with van der Waals surface area (Å²) in [6.45, 7) is 3.12. The van der Waals surface area contributed by atoms with E-state index in [-0.39, 0.29) is 0 Å². The van der Waals surface area contributed by atoms with Crippen molar-refractivity contribution in [1.82, 2.24) is 4.90 Å². The van der Waals surface area contributed by atoms with Crippen molar-refractivity contribution in [2.24, 2.45) is 11.7 Å². The predicted molar refractivity (Wildman–Crippen MR) is 82.0 cm³/mol. The van der Waals surface area contributed by atoms with Gasteiger partial charge in [0.2, 0.25) is 0 Å². The number of nitrogens with two attached hydrogens (primary N) is 1. The molecule has 2 rings (SSSR count). The molecule has 2 nitrogen and oxygen atoms in total. The maximum absolute atomic E-state index is 5.99. The highest BCUT2D eigenvalue weighted by Gasteiger charge is 2.30. The Morgan fingerprint density at radius 1 is 1.21 bits per heavy atom. The van der Waals surface area contributed by atoms with E-state index in [0.717, 1.165) is 13.0 Å². The molecule has 0 radical (unpaired) electrons. The van der Waals surface area contributed by atoms with Crippen LogP contribution in [0.25, 0.3) is 0 Å². The molecule has 0 aromatic heterocycles. The van der Waals surface area contributed by atoms with Crippen molar-refractivity contribution in [1.29, 1.82) is 0 Å². The fourth-order valence-corrected chi connectivity index (χ4v) is 3.66. The van der Waals surface area contributed by atoms with Crippen LogP contribution >= 0.6 is 0 Å². The molecule has 1 aliphatic carbocycles. The van der Waals surface area contributed by atoms with Gasteiger partial charge >= 0.3 is 0 Å². The average molecular weight is 260 g/mol. The lowest BCUT2D eigenvalue weighted by Gasteiger charge is -2.41. The van der Waals surface area contributed by atoms with Gasteiger partial charge in [-0.1, -0.05) is 50.1 Å². The molecule has 2 N–H and O–H groups in total. The zero-order valence-corrected chi connectivity index (χ0v) is 12.4. The fourth-order valence-electron chi connectivity index (χ4n) is 3.66. The number of rotatable bonds is 5. The quantitative estimate of drug-likeness (QED) is 0.876. The van der Waals surface area contributed by atoms with Gasteiger partial charge in [-0.05, 0) is 44.3 Å². The molecule has 0 bridgehead atoms. The molecule has 0 amide bonds. The van der Waals surface area contributed by atoms with Gasteiger partial charge in [-0.25, -0.2) is 0 Å². The Labute approximate surface area is 118 Å². The number of benzene rings is 1. The van der Waals surface area contributed by atoms with Gasteiger partial charge in [-0.15, -0.1) is 0 Å². The van der Waals surface area contributed by atoms with E-state index < -0.39 is 0 Å². The van der Waals surface area contributed by atoms with Crippen LogP contribution in [0, 0.1) is 5.92 Å². The van der Waals surface area contributed by atoms with Crippen molar-refractivity contribution in [2.75, 3.05) is 13.6 Å². The highest BCUT2D eigenvalue weighted by Crippen LogP contribution is 2.33. The Balaban J connectivity index is 2.13. The standard InChI is InChI=1S/C17H28N2/c1-3-16(14-9-5-4-6-10-14)19(2)17-12-8-7-11-15(17)13-18/h4-6,9-10,15-17H,3,7-8,11-13,18H2,1-2H3. The molecule has 1 aromatic carbocycles. The second-order valence-corrected chi connectivity index (χ2v) is 5.85. The summed E-state index contributed by atoms with van der Waals surface area (Å²) in [6.07, 6.45) is 6.48. The number of nitrogens with zero attached hydrogens (tertiary/aromatic N) is 1. The van der Waals surface area contributed by atoms with Gasteiger partial charge in [0.25, 0.3) is 0 Å². The van der Waals surface area contributed by atoms with E-state index in [1.807, 2.05) is 0 Å². The normalized spacial score (nSPS) is 25.5. The predicted octanol–water partition coefficient (Wildman–Crippen LogP) is 3.59. The van der Waals surface area contributed by atoms with Crippen molar-refractivity contribution in [2.45, 2.75) is 51.1 Å². The third kappa shape index (κ3) is 3.37. The van der Waals surface area contributed by atoms with Gasteiger partial charge in [-0.3, -0.25) is 4.90 Å². The van der Waals surface area contributed by atoms with E-state index in [1.54, 1.807) is 0 Å². The van der Waals surface area contributed by atoms with Crippen molar-refractivity contribution >= 4 is 0 Å². The number of hydrogen-bond acceptors (Lipinski definition) is 2. The second kappa shape index (κ2) is 7.06. The first-order valence-electron chi connectivity index (χ1n) is 7.74. The highest BCUT2D eigenvalue weighted by atomic mass is 15.2. The van der Waals surface area contributed by atoms with Crippen LogP contribution in [0.1, 0.15) is 50.6 Å². The Bertz CT molecular complexity index is 363. The third-order valence-electron chi connectivity index (χ3n) is 4.76. The summed E-state index contributed by atoms with van der Waals surface area (Å²) >= 11 is 0. The molecule has 1 aliphatic rings. The summed E-state index contributed by atoms with van der Waals surface area (Å²) in [5, 5.41) is 0. The minimum atomic E-state index is 0.526. The van der Waals surface area contributed by atoms with Crippen LogP contribution in [-0.4, -0.2) is 24.5 Å². The molecule has 106 valence electrons. The molecule has 1 aromatic rings. The van der Waals surface area contributed by atoms with Gasteiger partial charge < -0.3 is 5.73 Å². The zero-order valence-electron chi connectivity index (χ0n) is 12.4. The van der Waals surface area contributed by atoms with Crippen molar-refractivity contribution in [3.8, 4) is 0 Å². The van der Waals surface area contributed by atoms with Crippen LogP contribution in [0.3, 0.4) is 0 Å². The van der Waals surface area contributed by atoms with Crippen LogP contribution in [0.4, 0.5) is 0 Å². The topological polar surface area (TPSA) is 29.3 Å². The van der Waals surface area contributed by atoms with E-state index in [0.29, 0.717) is 18.0 Å². The van der Waals surface area contributed by atoms with Gasteiger partial charge in [0, 0.05) is 12.1 Å². The molecule has 1 saturated carbocycles. The molecular weight excluding hydrogens is 232 g/mol. The van der Waals surface area contributed by atoms with Crippen molar-refractivity contribution in [3.63, 3.8) is 0 Å². The first kappa shape index (κ1) is 14.5. The molecule has 0 saturated heterocycles. The molecule has 3 atom stereocenters. The molecule has 0 spiro atoms. The molecule has 2 heteroatoms. The first-order valence-corrected chi connectivity index (χ1v) is 7.74. The Morgan fingerprint density at radius 3 is 2.53 bits per heavy atom. The largest absolute Gasteiger partial charge is 0.330 e. The summed E-state index contributed by atoms with van der Waals surface area (Å²) in [7, 11) is 2.29. The molecule has 0 heterocycles. The molecule has 19 heavy (non-hydrogen) atoms. The average Bonchev–Trinajstić information content (AvgIpc) is 2.49. The van der Waals surface area contributed by atoms with Crippen LogP contribution < -0.4 is 5.73 Å². The lowest BCUT2D eigenvalue weighted by molar-refractivity contribution is 0.0895. The summed E-state index contributed by atoms with van der Waals surface area (Å²) in [5.74, 6) is 0.677. The van der Waals surface area contributed by atoms with Crippen molar-refractivity contribution < 1.29 is 0 Å². The molecule has 3 unspecified atom stereocenters. The van der Waals surface area contributed by atoms with Gasteiger partial charge in [-0.2, -0.15) is 0 Å². The Morgan fingerprint density at radius 2 is 1.89 bits per heavy atom. The zero-order chi connectivity index (χ0) is 13.7. The van der Waals surface area contributed by atoms with E-state index in [4.69, 9.17) is 5.73 Å². The maximum atomic E-state index is 5.99. The molecule has 0 aliphatic heterocycles. The monoisotopic (exact) mass is 260 g/mol. The summed E-state index contributed by atoms with van der Waals surface area (Å²) in [6, 6.07) is 12.1. The van der Waals surface area contributed by atoms with Crippen LogP contribution in [-0.2, 0) is 0 Å². The van der Waals surface area contributed by atoms with E-state index in [2.05, 4.69) is 49.2 Å². The molecular formula is C17H28N2. The third-order valence-corrected chi connectivity index (χ3v) is 4.76. The fraction of sp³-hybridized carbons (Fsp3) is 0.647. The summed E-state index contributed by atoms with van der Waals surface area (Å²) < 4.78 is 0.